The van der Waals surface area contributed by atoms with Crippen LogP contribution in [0.2, 0.25) is 5.02 Å². The largest absolute Gasteiger partial charge is 0.468 e. The van der Waals surface area contributed by atoms with Crippen molar-refractivity contribution in [3.63, 3.8) is 0 Å². The third-order valence-electron chi connectivity index (χ3n) is 2.75. The minimum Gasteiger partial charge on any atom is -0.468 e. The van der Waals surface area contributed by atoms with Crippen molar-refractivity contribution in [1.29, 1.82) is 0 Å². The number of nitrogens with one attached hydrogen (secondary N) is 2. The highest BCUT2D eigenvalue weighted by molar-refractivity contribution is 7.98. The first-order valence-electron chi connectivity index (χ1n) is 6.75. The average molecular weight is 359 g/mol. The topological polar surface area (TPSA) is 37.2 Å². The van der Waals surface area contributed by atoms with E-state index in [0.717, 1.165) is 30.2 Å². The number of hydrogen-bond acceptors (Lipinski definition) is 3. The molecule has 0 fully saturated rings. The number of furan rings is 1. The van der Waals surface area contributed by atoms with Gasteiger partial charge in [-0.2, -0.15) is 11.8 Å². The molecule has 0 bridgehead atoms. The zero-order valence-corrected chi connectivity index (χ0v) is 14.2. The molecule has 2 rings (SSSR count). The van der Waals surface area contributed by atoms with Crippen LogP contribution in [0.15, 0.2) is 41.0 Å². The summed E-state index contributed by atoms with van der Waals surface area (Å²) in [7, 11) is 0. The van der Waals surface area contributed by atoms with Crippen LogP contribution in [0.3, 0.4) is 0 Å². The highest BCUT2D eigenvalue weighted by atomic mass is 35.5. The Hall–Kier alpha value is -1.24. The van der Waals surface area contributed by atoms with Gasteiger partial charge in [-0.25, -0.2) is 4.39 Å². The molecule has 0 unspecified atom stereocenters. The van der Waals surface area contributed by atoms with Crippen LogP contribution in [0.4, 0.5) is 10.1 Å². The Balaban J connectivity index is 1.58. The summed E-state index contributed by atoms with van der Waals surface area (Å²) in [5, 5.41) is 6.65. The fraction of sp³-hybridized carbons (Fsp3) is 0.267. The van der Waals surface area contributed by atoms with Crippen molar-refractivity contribution < 1.29 is 8.81 Å². The second kappa shape index (κ2) is 9.02. The van der Waals surface area contributed by atoms with E-state index in [1.54, 1.807) is 12.3 Å². The predicted molar refractivity (Wildman–Crippen MR) is 95.1 cm³/mol. The SMILES string of the molecule is Fc1ccc(NC(=S)NCCCSCc2ccco2)cc1Cl. The Morgan fingerprint density at radius 2 is 2.23 bits per heavy atom. The quantitative estimate of drug-likeness (QED) is 0.555. The number of rotatable bonds is 7. The van der Waals surface area contributed by atoms with Gasteiger partial charge in [-0.05, 0) is 54.7 Å². The Labute approximate surface area is 143 Å². The van der Waals surface area contributed by atoms with Gasteiger partial charge >= 0.3 is 0 Å². The van der Waals surface area contributed by atoms with E-state index in [1.165, 1.54) is 12.1 Å². The monoisotopic (exact) mass is 358 g/mol. The summed E-state index contributed by atoms with van der Waals surface area (Å²) < 4.78 is 18.3. The summed E-state index contributed by atoms with van der Waals surface area (Å²) in [6, 6.07) is 8.26. The fourth-order valence-corrected chi connectivity index (χ4v) is 2.95. The van der Waals surface area contributed by atoms with Gasteiger partial charge in [-0.15, -0.1) is 0 Å². The third kappa shape index (κ3) is 5.87. The predicted octanol–water partition coefficient (Wildman–Crippen LogP) is 4.68. The maximum absolute atomic E-state index is 13.0. The zero-order chi connectivity index (χ0) is 15.8. The van der Waals surface area contributed by atoms with E-state index in [4.69, 9.17) is 28.2 Å². The van der Waals surface area contributed by atoms with Gasteiger partial charge < -0.3 is 15.1 Å². The molecule has 0 radical (unpaired) electrons. The molecule has 7 heteroatoms. The Kier molecular flexibility index (Phi) is 7.02. The molecule has 1 aromatic carbocycles. The molecule has 0 saturated heterocycles. The van der Waals surface area contributed by atoms with E-state index in [0.29, 0.717) is 10.8 Å². The smallest absolute Gasteiger partial charge is 0.170 e. The van der Waals surface area contributed by atoms with Gasteiger partial charge in [0.15, 0.2) is 5.11 Å². The summed E-state index contributed by atoms with van der Waals surface area (Å²) >= 11 is 12.7. The first-order chi connectivity index (χ1) is 10.6. The lowest BCUT2D eigenvalue weighted by Gasteiger charge is -2.10. The van der Waals surface area contributed by atoms with Gasteiger partial charge in [0, 0.05) is 12.2 Å². The molecule has 2 aromatic rings. The molecule has 3 nitrogen and oxygen atoms in total. The van der Waals surface area contributed by atoms with E-state index in [-0.39, 0.29) is 5.02 Å². The molecule has 0 atom stereocenters. The zero-order valence-electron chi connectivity index (χ0n) is 11.8. The summed E-state index contributed by atoms with van der Waals surface area (Å²) in [6.07, 6.45) is 2.67. The van der Waals surface area contributed by atoms with Gasteiger partial charge in [0.05, 0.1) is 17.0 Å². The standard InChI is InChI=1S/C15H16ClFN2OS2/c16-13-9-11(4-5-14(13)17)19-15(21)18-6-2-8-22-10-12-3-1-7-20-12/h1,3-5,7,9H,2,6,8,10H2,(H2,18,19,21). The third-order valence-corrected chi connectivity index (χ3v) is 4.35. The Morgan fingerprint density at radius 3 is 2.95 bits per heavy atom. The van der Waals surface area contributed by atoms with Crippen molar-refractivity contribution in [1.82, 2.24) is 5.32 Å². The van der Waals surface area contributed by atoms with Crippen LogP contribution in [0.5, 0.6) is 0 Å². The van der Waals surface area contributed by atoms with Crippen molar-refractivity contribution >= 4 is 46.4 Å². The molecule has 1 aromatic heterocycles. The molecule has 0 aliphatic rings. The van der Waals surface area contributed by atoms with Gasteiger partial charge in [0.25, 0.3) is 0 Å². The molecule has 0 aliphatic heterocycles. The second-order valence-corrected chi connectivity index (χ2v) is 6.42. The molecule has 1 heterocycles. The highest BCUT2D eigenvalue weighted by Gasteiger charge is 2.02. The lowest BCUT2D eigenvalue weighted by Crippen LogP contribution is -2.29. The molecular formula is C15H16ClFN2OS2. The minimum atomic E-state index is -0.445. The number of thioether (sulfide) groups is 1. The molecule has 0 aliphatic carbocycles. The van der Waals surface area contributed by atoms with Crippen LogP contribution in [-0.2, 0) is 5.75 Å². The van der Waals surface area contributed by atoms with Gasteiger partial charge in [-0.3, -0.25) is 0 Å². The number of benzene rings is 1. The summed E-state index contributed by atoms with van der Waals surface area (Å²) in [6.45, 7) is 0.770. The maximum atomic E-state index is 13.0. The van der Waals surface area contributed by atoms with Crippen molar-refractivity contribution in [3.05, 3.63) is 53.2 Å². The van der Waals surface area contributed by atoms with Crippen molar-refractivity contribution in [3.8, 4) is 0 Å². The number of anilines is 1. The summed E-state index contributed by atoms with van der Waals surface area (Å²) in [5.41, 5.74) is 0.663. The first kappa shape index (κ1) is 17.1. The van der Waals surface area contributed by atoms with E-state index >= 15 is 0 Å². The summed E-state index contributed by atoms with van der Waals surface area (Å²) in [4.78, 5) is 0. The van der Waals surface area contributed by atoms with Crippen LogP contribution in [0.25, 0.3) is 0 Å². The summed E-state index contributed by atoms with van der Waals surface area (Å²) in [5.74, 6) is 2.44. The lowest BCUT2D eigenvalue weighted by molar-refractivity contribution is 0.530. The van der Waals surface area contributed by atoms with E-state index in [9.17, 15) is 4.39 Å². The Bertz CT molecular complexity index is 608. The van der Waals surface area contributed by atoms with Crippen LogP contribution in [-0.4, -0.2) is 17.4 Å². The van der Waals surface area contributed by atoms with Gasteiger partial charge in [-0.1, -0.05) is 11.6 Å². The van der Waals surface area contributed by atoms with E-state index in [2.05, 4.69) is 10.6 Å². The van der Waals surface area contributed by atoms with Crippen LogP contribution >= 0.6 is 35.6 Å². The van der Waals surface area contributed by atoms with Crippen molar-refractivity contribution in [2.45, 2.75) is 12.2 Å². The first-order valence-corrected chi connectivity index (χ1v) is 8.69. The fourth-order valence-electron chi connectivity index (χ4n) is 1.69. The van der Waals surface area contributed by atoms with E-state index in [1.807, 2.05) is 23.9 Å². The molecular weight excluding hydrogens is 343 g/mol. The maximum Gasteiger partial charge on any atom is 0.170 e. The second-order valence-electron chi connectivity index (χ2n) is 4.50. The van der Waals surface area contributed by atoms with Crippen LogP contribution < -0.4 is 10.6 Å². The number of halogens is 2. The molecule has 22 heavy (non-hydrogen) atoms. The molecule has 0 saturated carbocycles. The van der Waals surface area contributed by atoms with Crippen molar-refractivity contribution in [2.75, 3.05) is 17.6 Å². The lowest BCUT2D eigenvalue weighted by atomic mass is 10.3. The van der Waals surface area contributed by atoms with Gasteiger partial charge in [0.1, 0.15) is 11.6 Å². The number of thiocarbonyl (C=S) groups is 1. The Morgan fingerprint density at radius 1 is 1.36 bits per heavy atom. The molecule has 0 spiro atoms. The minimum absolute atomic E-state index is 0.0714. The van der Waals surface area contributed by atoms with Crippen LogP contribution in [0, 0.1) is 5.82 Å². The molecule has 118 valence electrons. The average Bonchev–Trinajstić information content (AvgIpc) is 3.00. The van der Waals surface area contributed by atoms with Gasteiger partial charge in [0.2, 0.25) is 0 Å². The van der Waals surface area contributed by atoms with E-state index < -0.39 is 5.82 Å². The van der Waals surface area contributed by atoms with Crippen molar-refractivity contribution in [2.24, 2.45) is 0 Å². The normalized spacial score (nSPS) is 10.5. The van der Waals surface area contributed by atoms with Crippen LogP contribution in [0.1, 0.15) is 12.2 Å². The molecule has 2 N–H and O–H groups in total. The number of hydrogen-bond donors (Lipinski definition) is 2. The highest BCUT2D eigenvalue weighted by Crippen LogP contribution is 2.19. The molecule has 0 amide bonds.